The minimum atomic E-state index is -1.18. The van der Waals surface area contributed by atoms with Gasteiger partial charge < -0.3 is 20.3 Å². The molecule has 0 bridgehead atoms. The van der Waals surface area contributed by atoms with E-state index in [1.807, 2.05) is 6.07 Å². The lowest BCUT2D eigenvalue weighted by molar-refractivity contribution is -0.139. The van der Waals surface area contributed by atoms with Crippen molar-refractivity contribution in [1.29, 1.82) is 0 Å². The Bertz CT molecular complexity index is 1080. The van der Waals surface area contributed by atoms with Crippen LogP contribution in [0.3, 0.4) is 0 Å². The van der Waals surface area contributed by atoms with E-state index in [1.54, 1.807) is 11.4 Å². The Labute approximate surface area is 180 Å². The minimum Gasteiger partial charge on any atom is -0.479 e. The van der Waals surface area contributed by atoms with Crippen LogP contribution in [0, 0.1) is 5.92 Å². The molecule has 9 heteroatoms. The highest BCUT2D eigenvalue weighted by atomic mass is 32.1. The molecule has 1 aromatic heterocycles. The summed E-state index contributed by atoms with van der Waals surface area (Å²) < 4.78 is 6.01. The third-order valence-electron chi connectivity index (χ3n) is 5.35. The third kappa shape index (κ3) is 4.13. The maximum atomic E-state index is 12.6. The Morgan fingerprint density at radius 1 is 1.13 bits per heavy atom. The van der Waals surface area contributed by atoms with Crippen LogP contribution in [-0.4, -0.2) is 41.2 Å². The summed E-state index contributed by atoms with van der Waals surface area (Å²) in [5, 5.41) is 23.7. The minimum absolute atomic E-state index is 0.0235. The van der Waals surface area contributed by atoms with Crippen molar-refractivity contribution in [2.45, 2.75) is 32.1 Å². The molecule has 3 N–H and O–H groups in total. The van der Waals surface area contributed by atoms with Gasteiger partial charge in [-0.05, 0) is 36.5 Å². The van der Waals surface area contributed by atoms with Gasteiger partial charge in [0.25, 0.3) is 5.91 Å². The number of ether oxygens (including phenoxy) is 1. The molecule has 30 heavy (non-hydrogen) atoms. The lowest BCUT2D eigenvalue weighted by Gasteiger charge is -2.21. The number of hydrogen-bond acceptors (Lipinski definition) is 6. The first-order valence-electron chi connectivity index (χ1n) is 9.78. The van der Waals surface area contributed by atoms with E-state index < -0.39 is 18.5 Å². The molecular weight excluding hydrogens is 426 g/mol. The summed E-state index contributed by atoms with van der Waals surface area (Å²) in [6.45, 7) is 0.0674. The number of amides is 1. The quantitative estimate of drug-likeness (QED) is 0.490. The normalized spacial score (nSPS) is 14.8. The fourth-order valence-corrected chi connectivity index (χ4v) is 6.02. The van der Waals surface area contributed by atoms with Gasteiger partial charge in [-0.15, -0.1) is 22.7 Å². The van der Waals surface area contributed by atoms with Crippen LogP contribution in [0.25, 0.3) is 20.5 Å². The Kier molecular flexibility index (Phi) is 5.92. The average Bonchev–Trinajstić information content (AvgIpc) is 3.26. The van der Waals surface area contributed by atoms with E-state index in [1.165, 1.54) is 30.6 Å². The van der Waals surface area contributed by atoms with E-state index >= 15 is 0 Å². The molecule has 2 aliphatic carbocycles. The van der Waals surface area contributed by atoms with Crippen molar-refractivity contribution in [2.24, 2.45) is 5.92 Å². The van der Waals surface area contributed by atoms with Gasteiger partial charge in [-0.2, -0.15) is 0 Å². The number of aromatic carboxylic acids is 1. The van der Waals surface area contributed by atoms with E-state index in [9.17, 15) is 19.5 Å². The molecule has 0 atom stereocenters. The molecule has 1 amide bonds. The van der Waals surface area contributed by atoms with Crippen LogP contribution >= 0.6 is 22.7 Å². The number of carbonyl (C=O) groups is 3. The second kappa shape index (κ2) is 8.61. The maximum Gasteiger partial charge on any atom is 0.349 e. The van der Waals surface area contributed by atoms with Crippen LogP contribution in [0.5, 0.6) is 5.75 Å². The van der Waals surface area contributed by atoms with Crippen LogP contribution < -0.4 is 10.1 Å². The largest absolute Gasteiger partial charge is 0.479 e. The predicted molar refractivity (Wildman–Crippen MR) is 115 cm³/mol. The van der Waals surface area contributed by atoms with Gasteiger partial charge in [0.1, 0.15) is 0 Å². The molecule has 1 aromatic rings. The lowest BCUT2D eigenvalue weighted by atomic mass is 9.89. The molecule has 7 nitrogen and oxygen atoms in total. The van der Waals surface area contributed by atoms with Crippen molar-refractivity contribution < 1.29 is 29.3 Å². The van der Waals surface area contributed by atoms with E-state index in [2.05, 4.69) is 5.32 Å². The number of carboxylic acid groups (broad SMARTS) is 2. The molecule has 1 aliphatic heterocycles. The van der Waals surface area contributed by atoms with Crippen molar-refractivity contribution in [3.63, 3.8) is 0 Å². The van der Waals surface area contributed by atoms with Gasteiger partial charge in [0.05, 0.1) is 5.39 Å². The zero-order valence-electron chi connectivity index (χ0n) is 16.1. The fourth-order valence-electron chi connectivity index (χ4n) is 3.92. The highest BCUT2D eigenvalue weighted by Gasteiger charge is 2.26. The number of rotatable bonds is 7. The Morgan fingerprint density at radius 3 is 2.60 bits per heavy atom. The summed E-state index contributed by atoms with van der Waals surface area (Å²) in [6, 6.07) is 3.61. The van der Waals surface area contributed by atoms with Crippen LogP contribution in [0.4, 0.5) is 0 Å². The molecule has 0 aromatic carbocycles. The number of nitrogens with one attached hydrogen (secondary N) is 1. The van der Waals surface area contributed by atoms with E-state index in [-0.39, 0.29) is 16.5 Å². The summed E-state index contributed by atoms with van der Waals surface area (Å²) in [6.07, 6.45) is 6.05. The highest BCUT2D eigenvalue weighted by molar-refractivity contribution is 7.22. The molecular formula is C21H21NO6S2. The number of aliphatic carboxylic acids is 1. The lowest BCUT2D eigenvalue weighted by Crippen LogP contribution is -2.30. The van der Waals surface area contributed by atoms with Gasteiger partial charge in [-0.3, -0.25) is 4.79 Å². The maximum absolute atomic E-state index is 12.6. The number of fused-ring (bicyclic) bond motifs is 3. The van der Waals surface area contributed by atoms with E-state index in [4.69, 9.17) is 9.84 Å². The molecule has 1 saturated carbocycles. The van der Waals surface area contributed by atoms with Crippen LogP contribution in [-0.2, 0) is 4.79 Å². The molecule has 0 spiro atoms. The topological polar surface area (TPSA) is 113 Å². The molecule has 2 heterocycles. The second-order valence-corrected chi connectivity index (χ2v) is 9.40. The van der Waals surface area contributed by atoms with E-state index in [0.717, 1.165) is 34.6 Å². The van der Waals surface area contributed by atoms with Gasteiger partial charge in [-0.1, -0.05) is 19.3 Å². The van der Waals surface area contributed by atoms with Gasteiger partial charge in [0, 0.05) is 27.1 Å². The third-order valence-corrected chi connectivity index (χ3v) is 7.51. The van der Waals surface area contributed by atoms with E-state index in [0.29, 0.717) is 28.1 Å². The summed E-state index contributed by atoms with van der Waals surface area (Å²) in [4.78, 5) is 35.8. The summed E-state index contributed by atoms with van der Waals surface area (Å²) in [7, 11) is 0. The first-order chi connectivity index (χ1) is 14.4. The van der Waals surface area contributed by atoms with Gasteiger partial charge in [-0.25, -0.2) is 9.59 Å². The smallest absolute Gasteiger partial charge is 0.349 e. The zero-order valence-corrected chi connectivity index (χ0v) is 17.7. The average molecular weight is 448 g/mol. The molecule has 1 fully saturated rings. The van der Waals surface area contributed by atoms with Gasteiger partial charge >= 0.3 is 11.9 Å². The number of carbonyl (C=O) groups excluding carboxylic acids is 1. The van der Waals surface area contributed by atoms with Crippen molar-refractivity contribution in [2.75, 3.05) is 13.2 Å². The second-order valence-electron chi connectivity index (χ2n) is 7.47. The zero-order chi connectivity index (χ0) is 21.3. The molecule has 158 valence electrons. The molecule has 0 unspecified atom stereocenters. The summed E-state index contributed by atoms with van der Waals surface area (Å²) >= 11 is 2.37. The summed E-state index contributed by atoms with van der Waals surface area (Å²) in [5.74, 6) is -1.83. The monoisotopic (exact) mass is 447 g/mol. The predicted octanol–water partition coefficient (Wildman–Crippen LogP) is 4.54. The van der Waals surface area contributed by atoms with Crippen molar-refractivity contribution in [3.8, 4) is 16.2 Å². The van der Waals surface area contributed by atoms with Crippen LogP contribution in [0.2, 0.25) is 0 Å². The van der Waals surface area contributed by atoms with Crippen LogP contribution in [0.1, 0.15) is 52.1 Å². The van der Waals surface area contributed by atoms with Crippen molar-refractivity contribution in [1.82, 2.24) is 5.32 Å². The molecule has 0 saturated heterocycles. The molecule has 4 rings (SSSR count). The molecule has 3 aliphatic rings. The Hall–Kier alpha value is -2.65. The first-order valence-corrected chi connectivity index (χ1v) is 11.5. The Balaban J connectivity index is 1.60. The standard InChI is InChI=1S/C21H21NO6S2/c23-15(24)9-28-17-16-14(30-19(17)21(26)27)7-12-6-13(10-29-18(12)16)20(25)22-8-11-4-2-1-3-5-11/h6-7,10-11H,1-5,8-9H2,(H,22,25)(H,23,24)(H,26,27). The Morgan fingerprint density at radius 2 is 1.90 bits per heavy atom. The summed E-state index contributed by atoms with van der Waals surface area (Å²) in [5.41, 5.74) is 1.37. The SMILES string of the molecule is O=C(O)COc1c(C(=O)O)sc2cc3cc(C(=O)NCC4CCCCC4)csc-3c12. The molecule has 0 radical (unpaired) electrons. The van der Waals surface area contributed by atoms with Crippen LogP contribution in [0.15, 0.2) is 17.5 Å². The first kappa shape index (κ1) is 20.6. The van der Waals surface area contributed by atoms with Gasteiger partial charge in [0.2, 0.25) is 0 Å². The highest BCUT2D eigenvalue weighted by Crippen LogP contribution is 2.48. The van der Waals surface area contributed by atoms with Crippen molar-refractivity contribution >= 4 is 50.6 Å². The number of carboxylic acids is 2. The number of thiophene rings is 1. The van der Waals surface area contributed by atoms with Crippen molar-refractivity contribution in [3.05, 3.63) is 28.0 Å². The number of hydrogen-bond donors (Lipinski definition) is 3. The fraction of sp³-hybridized carbons (Fsp3) is 0.381. The van der Waals surface area contributed by atoms with Gasteiger partial charge in [0.15, 0.2) is 17.2 Å².